The van der Waals surface area contributed by atoms with E-state index in [4.69, 9.17) is 0 Å². The average Bonchev–Trinajstić information content (AvgIpc) is 3.08. The molecule has 3 rings (SSSR count). The van der Waals surface area contributed by atoms with Crippen LogP contribution in [0.15, 0.2) is 29.2 Å². The van der Waals surface area contributed by atoms with E-state index in [2.05, 4.69) is 5.10 Å². The van der Waals surface area contributed by atoms with Crippen molar-refractivity contribution in [2.45, 2.75) is 39.3 Å². The second kappa shape index (κ2) is 6.02. The molecule has 1 aliphatic heterocycles. The van der Waals surface area contributed by atoms with Crippen molar-refractivity contribution in [2.75, 3.05) is 6.54 Å². The van der Waals surface area contributed by atoms with Crippen molar-refractivity contribution < 1.29 is 4.79 Å². The summed E-state index contributed by atoms with van der Waals surface area (Å²) in [5.74, 6) is -0.0632. The predicted octanol–water partition coefficient (Wildman–Crippen LogP) is 1.50. The Kier molecular flexibility index (Phi) is 4.07. The van der Waals surface area contributed by atoms with Gasteiger partial charge in [0.05, 0.1) is 18.3 Å². The molecule has 0 unspecified atom stereocenters. The van der Waals surface area contributed by atoms with Crippen molar-refractivity contribution >= 4 is 5.91 Å². The van der Waals surface area contributed by atoms with E-state index in [1.165, 1.54) is 10.6 Å². The summed E-state index contributed by atoms with van der Waals surface area (Å²) < 4.78 is 3.43. The fraction of sp³-hybridized carbons (Fsp3) is 0.471. The van der Waals surface area contributed by atoms with E-state index in [-0.39, 0.29) is 17.5 Å². The largest absolute Gasteiger partial charge is 0.334 e. The number of aromatic nitrogens is 3. The molecular weight excluding hydrogens is 292 g/mol. The van der Waals surface area contributed by atoms with Crippen LogP contribution in [0.4, 0.5) is 0 Å². The van der Waals surface area contributed by atoms with Gasteiger partial charge in [0.15, 0.2) is 0 Å². The number of nitrogens with zero attached hydrogens (tertiary/aromatic N) is 4. The third-order valence-corrected chi connectivity index (χ3v) is 4.48. The van der Waals surface area contributed by atoms with Gasteiger partial charge in [-0.1, -0.05) is 0 Å². The lowest BCUT2D eigenvalue weighted by Crippen LogP contribution is -2.39. The first-order valence-electron chi connectivity index (χ1n) is 7.94. The van der Waals surface area contributed by atoms with Crippen LogP contribution in [0, 0.1) is 13.8 Å². The molecule has 1 aliphatic rings. The normalized spacial score (nSPS) is 17.7. The lowest BCUT2D eigenvalue weighted by Gasteiger charge is -2.25. The van der Waals surface area contributed by atoms with Gasteiger partial charge in [-0.05, 0) is 38.8 Å². The van der Waals surface area contributed by atoms with Crippen LogP contribution in [0.5, 0.6) is 0 Å². The van der Waals surface area contributed by atoms with Crippen molar-refractivity contribution in [3.63, 3.8) is 0 Å². The van der Waals surface area contributed by atoms with Crippen molar-refractivity contribution in [3.8, 4) is 0 Å². The van der Waals surface area contributed by atoms with Gasteiger partial charge < -0.3 is 9.47 Å². The zero-order valence-corrected chi connectivity index (χ0v) is 13.8. The molecule has 0 radical (unpaired) electrons. The molecular formula is C17H22N4O2. The van der Waals surface area contributed by atoms with E-state index >= 15 is 0 Å². The highest BCUT2D eigenvalue weighted by atomic mass is 16.2. The number of carbonyl (C=O) groups excluding carboxylic acids is 1. The van der Waals surface area contributed by atoms with E-state index in [1.54, 1.807) is 19.3 Å². The number of aryl methyl sites for hydroxylation is 3. The van der Waals surface area contributed by atoms with Gasteiger partial charge in [-0.15, -0.1) is 0 Å². The third-order valence-electron chi connectivity index (χ3n) is 4.48. The highest BCUT2D eigenvalue weighted by molar-refractivity contribution is 5.94. The number of hydrogen-bond donors (Lipinski definition) is 0. The van der Waals surface area contributed by atoms with Crippen LogP contribution in [-0.4, -0.2) is 37.7 Å². The number of amides is 1. The zero-order chi connectivity index (χ0) is 16.6. The monoisotopic (exact) mass is 314 g/mol. The van der Waals surface area contributed by atoms with Crippen molar-refractivity contribution in [2.24, 2.45) is 7.05 Å². The van der Waals surface area contributed by atoms with Crippen LogP contribution < -0.4 is 5.56 Å². The van der Waals surface area contributed by atoms with Gasteiger partial charge in [0, 0.05) is 37.1 Å². The molecule has 1 amide bonds. The lowest BCUT2D eigenvalue weighted by molar-refractivity contribution is 0.0720. The second-order valence-electron chi connectivity index (χ2n) is 6.27. The molecule has 0 bridgehead atoms. The highest BCUT2D eigenvalue weighted by Crippen LogP contribution is 2.21. The smallest absolute Gasteiger partial charge is 0.254 e. The first kappa shape index (κ1) is 15.5. The van der Waals surface area contributed by atoms with Crippen molar-refractivity contribution in [1.82, 2.24) is 19.2 Å². The molecule has 0 aliphatic carbocycles. The Labute approximate surface area is 135 Å². The number of rotatable bonds is 3. The minimum atomic E-state index is -0.162. The summed E-state index contributed by atoms with van der Waals surface area (Å²) >= 11 is 0. The number of hydrogen-bond acceptors (Lipinski definition) is 3. The van der Waals surface area contributed by atoms with Gasteiger partial charge in [0.2, 0.25) is 0 Å². The molecule has 0 spiro atoms. The Morgan fingerprint density at radius 2 is 2.13 bits per heavy atom. The van der Waals surface area contributed by atoms with Crippen LogP contribution in [0.1, 0.15) is 34.6 Å². The first-order chi connectivity index (χ1) is 11.0. The molecule has 6 heteroatoms. The second-order valence-corrected chi connectivity index (χ2v) is 6.27. The van der Waals surface area contributed by atoms with Gasteiger partial charge in [0.25, 0.3) is 11.5 Å². The predicted molar refractivity (Wildman–Crippen MR) is 87.4 cm³/mol. The van der Waals surface area contributed by atoms with Gasteiger partial charge in [-0.3, -0.25) is 14.3 Å². The van der Waals surface area contributed by atoms with Crippen LogP contribution in [0.3, 0.4) is 0 Å². The minimum Gasteiger partial charge on any atom is -0.334 e. The zero-order valence-electron chi connectivity index (χ0n) is 13.8. The first-order valence-corrected chi connectivity index (χ1v) is 7.94. The molecule has 23 heavy (non-hydrogen) atoms. The van der Waals surface area contributed by atoms with E-state index in [1.807, 2.05) is 29.5 Å². The Morgan fingerprint density at radius 1 is 1.35 bits per heavy atom. The molecule has 1 saturated heterocycles. The Morgan fingerprint density at radius 3 is 2.78 bits per heavy atom. The van der Waals surface area contributed by atoms with Crippen molar-refractivity contribution in [3.05, 3.63) is 51.7 Å². The van der Waals surface area contributed by atoms with E-state index < -0.39 is 0 Å². The topological polar surface area (TPSA) is 60.1 Å². The molecule has 122 valence electrons. The number of carbonyl (C=O) groups is 1. The summed E-state index contributed by atoms with van der Waals surface area (Å²) in [5.41, 5.74) is 2.40. The fourth-order valence-corrected chi connectivity index (χ4v) is 3.20. The Bertz CT molecular complexity index is 790. The average molecular weight is 314 g/mol. The molecule has 0 N–H and O–H groups in total. The van der Waals surface area contributed by atoms with Gasteiger partial charge >= 0.3 is 0 Å². The molecule has 1 atom stereocenters. The van der Waals surface area contributed by atoms with Crippen LogP contribution in [-0.2, 0) is 13.6 Å². The summed E-state index contributed by atoms with van der Waals surface area (Å²) in [5, 5.41) is 4.49. The molecule has 6 nitrogen and oxygen atoms in total. The Hall–Kier alpha value is -2.37. The molecule has 1 fully saturated rings. The van der Waals surface area contributed by atoms with Gasteiger partial charge in [-0.25, -0.2) is 0 Å². The standard InChI is InChI=1S/C17H22N4O2/c1-12-9-13(2)21(18-12)11-15-5-4-7-20(15)17(23)14-6-8-19(3)16(22)10-14/h6,8-10,15H,4-5,7,11H2,1-3H3/t15-/m0/s1. The third kappa shape index (κ3) is 3.06. The molecule has 0 saturated carbocycles. The number of pyridine rings is 1. The summed E-state index contributed by atoms with van der Waals surface area (Å²) in [6.45, 7) is 5.44. The summed E-state index contributed by atoms with van der Waals surface area (Å²) in [6.07, 6.45) is 3.59. The number of likely N-dealkylation sites (tertiary alicyclic amines) is 1. The maximum atomic E-state index is 12.7. The van der Waals surface area contributed by atoms with E-state index in [9.17, 15) is 9.59 Å². The maximum Gasteiger partial charge on any atom is 0.254 e. The maximum absolute atomic E-state index is 12.7. The Balaban J connectivity index is 1.80. The summed E-state index contributed by atoms with van der Waals surface area (Å²) in [6, 6.07) is 5.30. The SMILES string of the molecule is Cc1cc(C)n(C[C@@H]2CCCN2C(=O)c2ccn(C)c(=O)c2)n1. The van der Waals surface area contributed by atoms with Gasteiger partial charge in [0.1, 0.15) is 0 Å². The minimum absolute atomic E-state index is 0.0632. The molecule has 3 heterocycles. The van der Waals surface area contributed by atoms with Crippen LogP contribution >= 0.6 is 0 Å². The summed E-state index contributed by atoms with van der Waals surface area (Å²) in [7, 11) is 1.68. The highest BCUT2D eigenvalue weighted by Gasteiger charge is 2.30. The molecule has 2 aromatic rings. The fourth-order valence-electron chi connectivity index (χ4n) is 3.20. The molecule has 0 aromatic carbocycles. The van der Waals surface area contributed by atoms with Gasteiger partial charge in [-0.2, -0.15) is 5.10 Å². The lowest BCUT2D eigenvalue weighted by atomic mass is 10.2. The van der Waals surface area contributed by atoms with E-state index in [0.29, 0.717) is 12.1 Å². The van der Waals surface area contributed by atoms with Crippen LogP contribution in [0.2, 0.25) is 0 Å². The summed E-state index contributed by atoms with van der Waals surface area (Å²) in [4.78, 5) is 26.4. The van der Waals surface area contributed by atoms with E-state index in [0.717, 1.165) is 30.8 Å². The molecule has 2 aromatic heterocycles. The van der Waals surface area contributed by atoms with Crippen LogP contribution in [0.25, 0.3) is 0 Å². The quantitative estimate of drug-likeness (QED) is 0.862. The van der Waals surface area contributed by atoms with Crippen molar-refractivity contribution in [1.29, 1.82) is 0 Å².